The van der Waals surface area contributed by atoms with E-state index in [0.717, 1.165) is 6.42 Å². The third-order valence-corrected chi connectivity index (χ3v) is 1.52. The van der Waals surface area contributed by atoms with Crippen LogP contribution in [0.3, 0.4) is 0 Å². The number of hydrazine groups is 1. The Balaban J connectivity index is 3.53. The van der Waals surface area contributed by atoms with E-state index in [0.29, 0.717) is 6.04 Å². The zero-order valence-electron chi connectivity index (χ0n) is 7.35. The van der Waals surface area contributed by atoms with E-state index in [4.69, 9.17) is 4.84 Å². The zero-order chi connectivity index (χ0) is 7.98. The summed E-state index contributed by atoms with van der Waals surface area (Å²) in [6.45, 7) is 4.30. The minimum Gasteiger partial charge on any atom is -0.287 e. The fourth-order valence-corrected chi connectivity index (χ4v) is 1.03. The molecule has 0 heterocycles. The molecule has 0 aromatic heterocycles. The smallest absolute Gasteiger partial charge is 0.0591 e. The third-order valence-electron chi connectivity index (χ3n) is 1.52. The second-order valence-electron chi connectivity index (χ2n) is 2.37. The average molecular weight is 146 g/mol. The van der Waals surface area contributed by atoms with E-state index in [-0.39, 0.29) is 0 Å². The van der Waals surface area contributed by atoms with Gasteiger partial charge in [-0.15, -0.1) is 5.17 Å². The van der Waals surface area contributed by atoms with Gasteiger partial charge in [0.05, 0.1) is 7.11 Å². The van der Waals surface area contributed by atoms with Gasteiger partial charge in [-0.3, -0.25) is 4.84 Å². The highest BCUT2D eigenvalue weighted by molar-refractivity contribution is 4.53. The lowest BCUT2D eigenvalue weighted by Gasteiger charge is -2.24. The van der Waals surface area contributed by atoms with E-state index in [2.05, 4.69) is 19.3 Å². The topological polar surface area (TPSA) is 24.5 Å². The van der Waals surface area contributed by atoms with Crippen molar-refractivity contribution in [3.8, 4) is 0 Å². The molecule has 0 fully saturated rings. The van der Waals surface area contributed by atoms with Crippen LogP contribution in [0.25, 0.3) is 0 Å². The molecule has 0 aliphatic rings. The predicted octanol–water partition coefficient (Wildman–Crippen LogP) is 1.17. The normalized spacial score (nSPS) is 14.1. The number of rotatable bonds is 5. The summed E-state index contributed by atoms with van der Waals surface area (Å²) in [5.74, 6) is 0. The molecule has 0 aliphatic heterocycles. The Morgan fingerprint density at radius 3 is 2.50 bits per heavy atom. The van der Waals surface area contributed by atoms with Crippen molar-refractivity contribution in [2.24, 2.45) is 0 Å². The highest BCUT2D eigenvalue weighted by atomic mass is 16.7. The summed E-state index contributed by atoms with van der Waals surface area (Å²) < 4.78 is 0. The molecule has 1 N–H and O–H groups in total. The summed E-state index contributed by atoms with van der Waals surface area (Å²) in [7, 11) is 3.53. The summed E-state index contributed by atoms with van der Waals surface area (Å²) in [6, 6.07) is 0.444. The molecule has 0 saturated carbocycles. The van der Waals surface area contributed by atoms with Gasteiger partial charge in [-0.1, -0.05) is 13.3 Å². The summed E-state index contributed by atoms with van der Waals surface area (Å²) in [6.07, 6.45) is 2.33. The quantitative estimate of drug-likeness (QED) is 0.589. The van der Waals surface area contributed by atoms with Gasteiger partial charge in [-0.25, -0.2) is 5.43 Å². The summed E-state index contributed by atoms with van der Waals surface area (Å²) in [5, 5.41) is 1.75. The van der Waals surface area contributed by atoms with Gasteiger partial charge in [0.2, 0.25) is 0 Å². The third kappa shape index (κ3) is 3.15. The monoisotopic (exact) mass is 146 g/mol. The molecular weight excluding hydrogens is 128 g/mol. The average Bonchev–Trinajstić information content (AvgIpc) is 1.91. The van der Waals surface area contributed by atoms with Crippen molar-refractivity contribution in [3.63, 3.8) is 0 Å². The van der Waals surface area contributed by atoms with E-state index >= 15 is 0 Å². The molecule has 10 heavy (non-hydrogen) atoms. The predicted molar refractivity (Wildman–Crippen MR) is 42.3 cm³/mol. The van der Waals surface area contributed by atoms with Crippen LogP contribution in [-0.2, 0) is 4.84 Å². The van der Waals surface area contributed by atoms with Crippen LogP contribution in [0.4, 0.5) is 0 Å². The molecule has 62 valence electrons. The van der Waals surface area contributed by atoms with Crippen LogP contribution in [-0.4, -0.2) is 25.4 Å². The van der Waals surface area contributed by atoms with Gasteiger partial charge < -0.3 is 0 Å². The summed E-state index contributed by atoms with van der Waals surface area (Å²) in [5.41, 5.74) is 2.95. The minimum atomic E-state index is 0.444. The number of hydrogen-bond donors (Lipinski definition) is 1. The molecule has 0 aromatic rings. The highest BCUT2D eigenvalue weighted by Gasteiger charge is 2.08. The Hall–Kier alpha value is -0.120. The maximum absolute atomic E-state index is 5.04. The largest absolute Gasteiger partial charge is 0.287 e. The van der Waals surface area contributed by atoms with Crippen molar-refractivity contribution < 1.29 is 4.84 Å². The van der Waals surface area contributed by atoms with Gasteiger partial charge in [0, 0.05) is 13.1 Å². The number of nitrogens with zero attached hydrogens (tertiary/aromatic N) is 1. The van der Waals surface area contributed by atoms with Crippen LogP contribution in [0.1, 0.15) is 26.7 Å². The first kappa shape index (κ1) is 9.88. The first-order valence-electron chi connectivity index (χ1n) is 3.77. The molecule has 0 amide bonds. The second kappa shape index (κ2) is 5.65. The van der Waals surface area contributed by atoms with Crippen molar-refractivity contribution in [3.05, 3.63) is 0 Å². The fourth-order valence-electron chi connectivity index (χ4n) is 1.03. The van der Waals surface area contributed by atoms with Gasteiger partial charge in [0.1, 0.15) is 0 Å². The molecule has 0 rings (SSSR count). The van der Waals surface area contributed by atoms with Crippen LogP contribution in [0.15, 0.2) is 0 Å². The van der Waals surface area contributed by atoms with Gasteiger partial charge in [0.25, 0.3) is 0 Å². The van der Waals surface area contributed by atoms with Crippen LogP contribution in [0, 0.1) is 0 Å². The van der Waals surface area contributed by atoms with Crippen molar-refractivity contribution in [1.29, 1.82) is 0 Å². The number of nitrogens with one attached hydrogen (secondary N) is 1. The molecule has 1 unspecified atom stereocenters. The van der Waals surface area contributed by atoms with Crippen LogP contribution < -0.4 is 5.43 Å². The Morgan fingerprint density at radius 1 is 1.60 bits per heavy atom. The second-order valence-corrected chi connectivity index (χ2v) is 2.37. The van der Waals surface area contributed by atoms with E-state index in [1.54, 1.807) is 12.3 Å². The first-order chi connectivity index (χ1) is 4.76. The van der Waals surface area contributed by atoms with E-state index in [1.807, 2.05) is 7.05 Å². The maximum atomic E-state index is 5.04. The summed E-state index contributed by atoms with van der Waals surface area (Å²) >= 11 is 0. The Kier molecular flexibility index (Phi) is 5.58. The lowest BCUT2D eigenvalue weighted by molar-refractivity contribution is -0.192. The van der Waals surface area contributed by atoms with Crippen molar-refractivity contribution in [2.45, 2.75) is 32.7 Å². The highest BCUT2D eigenvalue weighted by Crippen LogP contribution is 2.02. The molecule has 0 bridgehead atoms. The molecule has 1 atom stereocenters. The molecule has 0 aromatic carbocycles. The Bertz CT molecular complexity index is 74.0. The fraction of sp³-hybridized carbons (Fsp3) is 1.00. The summed E-state index contributed by atoms with van der Waals surface area (Å²) in [4.78, 5) is 5.04. The zero-order valence-corrected chi connectivity index (χ0v) is 7.35. The number of hydroxylamine groups is 1. The van der Waals surface area contributed by atoms with E-state index < -0.39 is 0 Å². The molecule has 0 saturated heterocycles. The molecular formula is C7H18N2O. The van der Waals surface area contributed by atoms with Crippen LogP contribution in [0.2, 0.25) is 0 Å². The number of hydrogen-bond acceptors (Lipinski definition) is 3. The van der Waals surface area contributed by atoms with E-state index in [9.17, 15) is 0 Å². The Morgan fingerprint density at radius 2 is 2.20 bits per heavy atom. The van der Waals surface area contributed by atoms with Crippen LogP contribution >= 0.6 is 0 Å². The Labute approximate surface area is 63.3 Å². The van der Waals surface area contributed by atoms with Gasteiger partial charge in [-0.2, -0.15) is 0 Å². The van der Waals surface area contributed by atoms with Crippen molar-refractivity contribution in [1.82, 2.24) is 10.6 Å². The lowest BCUT2D eigenvalue weighted by atomic mass is 10.2. The van der Waals surface area contributed by atoms with Crippen molar-refractivity contribution >= 4 is 0 Å². The van der Waals surface area contributed by atoms with Crippen molar-refractivity contribution in [2.75, 3.05) is 14.2 Å². The maximum Gasteiger partial charge on any atom is 0.0591 e. The van der Waals surface area contributed by atoms with Gasteiger partial charge in [0.15, 0.2) is 0 Å². The molecule has 0 radical (unpaired) electrons. The molecule has 0 spiro atoms. The standard InChI is InChI=1S/C7H18N2O/c1-5-6-7(2)9(8-3)10-4/h7-8H,5-6H2,1-4H3. The molecule has 0 aliphatic carbocycles. The van der Waals surface area contributed by atoms with E-state index in [1.165, 1.54) is 6.42 Å². The lowest BCUT2D eigenvalue weighted by Crippen LogP contribution is -2.41. The minimum absolute atomic E-state index is 0.444. The first-order valence-corrected chi connectivity index (χ1v) is 3.77. The van der Waals surface area contributed by atoms with Crippen LogP contribution in [0.5, 0.6) is 0 Å². The van der Waals surface area contributed by atoms with Gasteiger partial charge >= 0.3 is 0 Å². The SMILES string of the molecule is CCCC(C)N(NC)OC. The van der Waals surface area contributed by atoms with Gasteiger partial charge in [-0.05, 0) is 13.3 Å². The molecule has 3 heteroatoms. The molecule has 3 nitrogen and oxygen atoms in total.